The predicted molar refractivity (Wildman–Crippen MR) is 76.2 cm³/mol. The summed E-state index contributed by atoms with van der Waals surface area (Å²) in [5.41, 5.74) is 0.310. The van der Waals surface area contributed by atoms with E-state index in [9.17, 15) is 9.90 Å². The lowest BCUT2D eigenvalue weighted by atomic mass is 9.52. The molecule has 3 nitrogen and oxygen atoms in total. The first kappa shape index (κ1) is 12.4. The lowest BCUT2D eigenvalue weighted by molar-refractivity contribution is -0.136. The summed E-state index contributed by atoms with van der Waals surface area (Å²) < 4.78 is 0. The van der Waals surface area contributed by atoms with Crippen LogP contribution in [-0.2, 0) is 0 Å². The molecule has 0 saturated heterocycles. The van der Waals surface area contributed by atoms with Crippen LogP contribution in [0.25, 0.3) is 0 Å². The Morgan fingerprint density at radius 3 is 2.35 bits per heavy atom. The molecule has 4 bridgehead atoms. The second-order valence-corrected chi connectivity index (χ2v) is 7.06. The third kappa shape index (κ3) is 1.96. The molecule has 0 aromatic heterocycles. The number of amides is 1. The summed E-state index contributed by atoms with van der Waals surface area (Å²) in [4.78, 5) is 12.3. The van der Waals surface area contributed by atoms with Gasteiger partial charge >= 0.3 is 0 Å². The van der Waals surface area contributed by atoms with E-state index in [2.05, 4.69) is 5.32 Å². The van der Waals surface area contributed by atoms with Crippen LogP contribution in [0.1, 0.15) is 42.5 Å². The molecular weight excluding hydrogens is 250 g/mol. The van der Waals surface area contributed by atoms with E-state index in [1.807, 2.05) is 30.3 Å². The zero-order valence-corrected chi connectivity index (χ0v) is 11.6. The highest BCUT2D eigenvalue weighted by molar-refractivity contribution is 5.94. The van der Waals surface area contributed by atoms with Crippen LogP contribution in [0.4, 0.5) is 0 Å². The van der Waals surface area contributed by atoms with Crippen molar-refractivity contribution in [2.75, 3.05) is 0 Å². The van der Waals surface area contributed by atoms with E-state index in [0.29, 0.717) is 17.8 Å². The first-order valence-corrected chi connectivity index (χ1v) is 7.71. The first-order valence-electron chi connectivity index (χ1n) is 7.71. The fourth-order valence-electron chi connectivity index (χ4n) is 5.04. The van der Waals surface area contributed by atoms with Gasteiger partial charge in [0.1, 0.15) is 0 Å². The molecule has 0 heterocycles. The summed E-state index contributed by atoms with van der Waals surface area (Å²) >= 11 is 0. The van der Waals surface area contributed by atoms with Gasteiger partial charge in [-0.15, -0.1) is 0 Å². The number of hydrogen-bond donors (Lipinski definition) is 2. The highest BCUT2D eigenvalue weighted by Crippen LogP contribution is 2.55. The van der Waals surface area contributed by atoms with Crippen LogP contribution in [-0.4, -0.2) is 22.7 Å². The maximum Gasteiger partial charge on any atom is 0.251 e. The summed E-state index contributed by atoms with van der Waals surface area (Å²) in [6, 6.07) is 9.70. The van der Waals surface area contributed by atoms with Crippen molar-refractivity contribution in [1.29, 1.82) is 0 Å². The maximum atomic E-state index is 12.3. The van der Waals surface area contributed by atoms with Gasteiger partial charge in [0.25, 0.3) is 5.91 Å². The molecule has 4 saturated carbocycles. The molecule has 3 heteroatoms. The topological polar surface area (TPSA) is 49.3 Å². The molecule has 4 aliphatic carbocycles. The molecule has 1 aromatic carbocycles. The Kier molecular flexibility index (Phi) is 2.68. The Morgan fingerprint density at radius 2 is 1.75 bits per heavy atom. The molecule has 5 rings (SSSR count). The number of carbonyl (C=O) groups is 1. The van der Waals surface area contributed by atoms with Crippen molar-refractivity contribution in [3.63, 3.8) is 0 Å². The highest BCUT2D eigenvalue weighted by Gasteiger charge is 2.54. The highest BCUT2D eigenvalue weighted by atomic mass is 16.3. The zero-order chi connectivity index (χ0) is 13.7. The molecule has 20 heavy (non-hydrogen) atoms. The summed E-state index contributed by atoms with van der Waals surface area (Å²) in [6.45, 7) is 0. The Balaban J connectivity index is 1.52. The minimum absolute atomic E-state index is 0.0371. The Morgan fingerprint density at radius 1 is 1.10 bits per heavy atom. The molecule has 2 N–H and O–H groups in total. The SMILES string of the molecule is O=C(NC1C2CC3CC1CC(O)(C3)C2)c1ccccc1. The van der Waals surface area contributed by atoms with E-state index < -0.39 is 5.60 Å². The Bertz CT molecular complexity index is 511. The molecule has 4 aliphatic rings. The van der Waals surface area contributed by atoms with Gasteiger partial charge in [-0.25, -0.2) is 0 Å². The normalized spacial score (nSPS) is 41.6. The average molecular weight is 271 g/mol. The summed E-state index contributed by atoms with van der Waals surface area (Å²) in [5.74, 6) is 1.66. The molecule has 4 fully saturated rings. The third-order valence-electron chi connectivity index (χ3n) is 5.57. The number of nitrogens with one attached hydrogen (secondary N) is 1. The average Bonchev–Trinajstić information content (AvgIpc) is 2.42. The monoisotopic (exact) mass is 271 g/mol. The molecule has 0 radical (unpaired) electrons. The zero-order valence-electron chi connectivity index (χ0n) is 11.6. The van der Waals surface area contributed by atoms with Crippen LogP contribution in [0.5, 0.6) is 0 Å². The van der Waals surface area contributed by atoms with Gasteiger partial charge in [-0.3, -0.25) is 4.79 Å². The minimum Gasteiger partial charge on any atom is -0.390 e. The molecular formula is C17H21NO2. The molecule has 0 aliphatic heterocycles. The fraction of sp³-hybridized carbons (Fsp3) is 0.588. The second-order valence-electron chi connectivity index (χ2n) is 7.06. The van der Waals surface area contributed by atoms with Crippen molar-refractivity contribution in [2.24, 2.45) is 17.8 Å². The van der Waals surface area contributed by atoms with E-state index in [1.54, 1.807) is 0 Å². The molecule has 1 aromatic rings. The van der Waals surface area contributed by atoms with Crippen molar-refractivity contribution in [2.45, 2.75) is 43.7 Å². The molecule has 0 spiro atoms. The lowest BCUT2D eigenvalue weighted by Crippen LogP contribution is -2.61. The largest absolute Gasteiger partial charge is 0.390 e. The van der Waals surface area contributed by atoms with Crippen molar-refractivity contribution in [3.8, 4) is 0 Å². The van der Waals surface area contributed by atoms with Gasteiger partial charge in [0.05, 0.1) is 5.60 Å². The van der Waals surface area contributed by atoms with Gasteiger partial charge in [-0.1, -0.05) is 18.2 Å². The summed E-state index contributed by atoms with van der Waals surface area (Å²) in [7, 11) is 0. The molecule has 2 atom stereocenters. The van der Waals surface area contributed by atoms with Crippen molar-refractivity contribution < 1.29 is 9.90 Å². The van der Waals surface area contributed by atoms with E-state index in [-0.39, 0.29) is 11.9 Å². The van der Waals surface area contributed by atoms with Gasteiger partial charge in [0, 0.05) is 11.6 Å². The number of aliphatic hydroxyl groups is 1. The molecule has 106 valence electrons. The smallest absolute Gasteiger partial charge is 0.251 e. The van der Waals surface area contributed by atoms with Crippen LogP contribution in [0, 0.1) is 17.8 Å². The van der Waals surface area contributed by atoms with Gasteiger partial charge in [-0.2, -0.15) is 0 Å². The standard InChI is InChI=1S/C17H21NO2/c19-16(12-4-2-1-3-5-12)18-15-13-6-11-7-14(15)10-17(20,8-11)9-13/h1-5,11,13-15,20H,6-10H2,(H,18,19). The number of carbonyl (C=O) groups excluding carboxylic acids is 1. The van der Waals surface area contributed by atoms with Crippen molar-refractivity contribution in [3.05, 3.63) is 35.9 Å². The lowest BCUT2D eigenvalue weighted by Gasteiger charge is -2.58. The van der Waals surface area contributed by atoms with Crippen LogP contribution in [0.15, 0.2) is 30.3 Å². The van der Waals surface area contributed by atoms with Gasteiger partial charge in [0.15, 0.2) is 0 Å². The quantitative estimate of drug-likeness (QED) is 0.867. The third-order valence-corrected chi connectivity index (χ3v) is 5.57. The molecule has 1 amide bonds. The maximum absolute atomic E-state index is 12.3. The minimum atomic E-state index is -0.426. The number of rotatable bonds is 2. The predicted octanol–water partition coefficient (Wildman–Crippen LogP) is 2.36. The van der Waals surface area contributed by atoms with E-state index in [4.69, 9.17) is 0 Å². The van der Waals surface area contributed by atoms with Crippen LogP contribution >= 0.6 is 0 Å². The van der Waals surface area contributed by atoms with Crippen molar-refractivity contribution in [1.82, 2.24) is 5.32 Å². The Labute approximate surface area is 119 Å². The van der Waals surface area contributed by atoms with E-state index >= 15 is 0 Å². The summed E-state index contributed by atoms with van der Waals surface area (Å²) in [6.07, 6.45) is 5.09. The second kappa shape index (κ2) is 4.32. The van der Waals surface area contributed by atoms with Gasteiger partial charge < -0.3 is 10.4 Å². The number of benzene rings is 1. The van der Waals surface area contributed by atoms with E-state index in [0.717, 1.165) is 24.8 Å². The van der Waals surface area contributed by atoms with Gasteiger partial charge in [0.2, 0.25) is 0 Å². The molecule has 2 unspecified atom stereocenters. The van der Waals surface area contributed by atoms with Crippen LogP contribution in [0.2, 0.25) is 0 Å². The van der Waals surface area contributed by atoms with E-state index in [1.165, 1.54) is 12.8 Å². The van der Waals surface area contributed by atoms with Crippen molar-refractivity contribution >= 4 is 5.91 Å². The van der Waals surface area contributed by atoms with Crippen LogP contribution < -0.4 is 5.32 Å². The van der Waals surface area contributed by atoms with Gasteiger partial charge in [-0.05, 0) is 62.0 Å². The Hall–Kier alpha value is -1.35. The number of hydrogen-bond acceptors (Lipinski definition) is 2. The summed E-state index contributed by atoms with van der Waals surface area (Å²) in [5, 5.41) is 13.8. The fourth-order valence-corrected chi connectivity index (χ4v) is 5.04. The van der Waals surface area contributed by atoms with Crippen LogP contribution in [0.3, 0.4) is 0 Å². The first-order chi connectivity index (χ1) is 9.63.